The van der Waals surface area contributed by atoms with Crippen molar-refractivity contribution in [1.82, 2.24) is 10.2 Å². The van der Waals surface area contributed by atoms with Gasteiger partial charge in [0.2, 0.25) is 0 Å². The molecular weight excluding hydrogens is 224 g/mol. The Bertz CT molecular complexity index is 241. The predicted octanol–water partition coefficient (Wildman–Crippen LogP) is 3.56. The third-order valence-electron chi connectivity index (χ3n) is 4.37. The normalized spacial score (nSPS) is 21.9. The van der Waals surface area contributed by atoms with Crippen molar-refractivity contribution in [3.05, 3.63) is 0 Å². The van der Waals surface area contributed by atoms with Gasteiger partial charge < -0.3 is 4.90 Å². The van der Waals surface area contributed by atoms with Gasteiger partial charge in [0, 0.05) is 19.6 Å². The van der Waals surface area contributed by atoms with Crippen molar-refractivity contribution in [1.29, 1.82) is 0 Å². The van der Waals surface area contributed by atoms with Gasteiger partial charge in [-0.1, -0.05) is 38.5 Å². The lowest BCUT2D eigenvalue weighted by Crippen LogP contribution is -2.34. The Morgan fingerprint density at radius 1 is 1.00 bits per heavy atom. The maximum Gasteiger partial charge on any atom is 0.338 e. The van der Waals surface area contributed by atoms with Gasteiger partial charge in [-0.05, 0) is 31.6 Å². The second kappa shape index (κ2) is 7.65. The molecule has 1 saturated heterocycles. The van der Waals surface area contributed by atoms with E-state index in [9.17, 15) is 4.79 Å². The molecule has 3 heteroatoms. The summed E-state index contributed by atoms with van der Waals surface area (Å²) in [5, 5.41) is 4.20. The Balaban J connectivity index is 1.53. The predicted molar refractivity (Wildman–Crippen MR) is 73.6 cm³/mol. The van der Waals surface area contributed by atoms with Gasteiger partial charge in [0.25, 0.3) is 0 Å². The molecule has 2 aliphatic rings. The van der Waals surface area contributed by atoms with Crippen LogP contribution in [0, 0.1) is 5.92 Å². The van der Waals surface area contributed by atoms with Gasteiger partial charge in [-0.2, -0.15) is 0 Å². The van der Waals surface area contributed by atoms with Crippen molar-refractivity contribution >= 4 is 6.03 Å². The molecular formula is C15H27N2O. The third kappa shape index (κ3) is 4.51. The fourth-order valence-corrected chi connectivity index (χ4v) is 3.22. The van der Waals surface area contributed by atoms with Crippen LogP contribution < -0.4 is 5.32 Å². The SMILES string of the molecule is O=C([N]CCCC1CCCCCC1)N1CCCC1. The number of hydrogen-bond donors (Lipinski definition) is 0. The van der Waals surface area contributed by atoms with Crippen LogP contribution in [0.3, 0.4) is 0 Å². The van der Waals surface area contributed by atoms with Crippen LogP contribution in [0.1, 0.15) is 64.2 Å². The van der Waals surface area contributed by atoms with E-state index in [0.29, 0.717) is 0 Å². The summed E-state index contributed by atoms with van der Waals surface area (Å²) in [7, 11) is 0. The highest BCUT2D eigenvalue weighted by molar-refractivity contribution is 5.74. The first-order valence-electron chi connectivity index (χ1n) is 7.82. The molecule has 0 aromatic carbocycles. The first kappa shape index (κ1) is 13.7. The van der Waals surface area contributed by atoms with Crippen LogP contribution in [0.5, 0.6) is 0 Å². The summed E-state index contributed by atoms with van der Waals surface area (Å²) in [6, 6.07) is 0.0355. The van der Waals surface area contributed by atoms with E-state index in [4.69, 9.17) is 0 Å². The zero-order valence-electron chi connectivity index (χ0n) is 11.6. The topological polar surface area (TPSA) is 34.4 Å². The minimum atomic E-state index is 0.0355. The largest absolute Gasteiger partial charge is 0.338 e. The molecule has 18 heavy (non-hydrogen) atoms. The van der Waals surface area contributed by atoms with E-state index in [1.54, 1.807) is 0 Å². The molecule has 2 fully saturated rings. The average molecular weight is 251 g/mol. The highest BCUT2D eigenvalue weighted by Crippen LogP contribution is 2.26. The first-order valence-corrected chi connectivity index (χ1v) is 7.82. The van der Waals surface area contributed by atoms with Crippen LogP contribution in [0.2, 0.25) is 0 Å². The van der Waals surface area contributed by atoms with Crippen molar-refractivity contribution < 1.29 is 4.79 Å². The Hall–Kier alpha value is -0.730. The maximum absolute atomic E-state index is 11.7. The molecule has 2 rings (SSSR count). The van der Waals surface area contributed by atoms with Gasteiger partial charge in [-0.3, -0.25) is 0 Å². The second-order valence-corrected chi connectivity index (χ2v) is 5.86. The molecule has 1 radical (unpaired) electrons. The molecule has 3 nitrogen and oxygen atoms in total. The molecule has 2 amide bonds. The van der Waals surface area contributed by atoms with Crippen molar-refractivity contribution in [3.63, 3.8) is 0 Å². The molecule has 1 saturated carbocycles. The van der Waals surface area contributed by atoms with Crippen LogP contribution in [0.15, 0.2) is 0 Å². The molecule has 0 unspecified atom stereocenters. The Kier molecular flexibility index (Phi) is 5.82. The molecule has 1 aliphatic heterocycles. The fraction of sp³-hybridized carbons (Fsp3) is 0.933. The van der Waals surface area contributed by atoms with E-state index in [1.807, 2.05) is 4.90 Å². The Morgan fingerprint density at radius 2 is 1.67 bits per heavy atom. The zero-order chi connectivity index (χ0) is 12.6. The minimum absolute atomic E-state index is 0.0355. The van der Waals surface area contributed by atoms with Gasteiger partial charge in [-0.15, -0.1) is 0 Å². The number of hydrogen-bond acceptors (Lipinski definition) is 1. The molecule has 1 aliphatic carbocycles. The lowest BCUT2D eigenvalue weighted by atomic mass is 9.95. The number of carbonyl (C=O) groups excluding carboxylic acids is 1. The first-order chi connectivity index (χ1) is 8.86. The molecule has 0 atom stereocenters. The lowest BCUT2D eigenvalue weighted by molar-refractivity contribution is 0.207. The molecule has 0 aromatic heterocycles. The van der Waals surface area contributed by atoms with Gasteiger partial charge in [0.05, 0.1) is 0 Å². The standard InChI is InChI=1S/C15H27N2O/c18-15(17-12-5-6-13-17)16-11-7-10-14-8-3-1-2-4-9-14/h14H,1-13H2. The van der Waals surface area contributed by atoms with Crippen LogP contribution in [-0.2, 0) is 0 Å². The van der Waals surface area contributed by atoms with Crippen molar-refractivity contribution in [2.75, 3.05) is 19.6 Å². The third-order valence-corrected chi connectivity index (χ3v) is 4.37. The fourth-order valence-electron chi connectivity index (χ4n) is 3.22. The maximum atomic E-state index is 11.7. The molecule has 103 valence electrons. The number of likely N-dealkylation sites (tertiary alicyclic amines) is 1. The average Bonchev–Trinajstić information content (AvgIpc) is 2.80. The number of urea groups is 1. The van der Waals surface area contributed by atoms with Gasteiger partial charge in [0.1, 0.15) is 0 Å². The van der Waals surface area contributed by atoms with E-state index < -0.39 is 0 Å². The highest BCUT2D eigenvalue weighted by atomic mass is 16.2. The molecule has 0 N–H and O–H groups in total. The summed E-state index contributed by atoms with van der Waals surface area (Å²) in [6.07, 6.45) is 13.2. The van der Waals surface area contributed by atoms with E-state index in [2.05, 4.69) is 5.32 Å². The van der Waals surface area contributed by atoms with Crippen LogP contribution in [0.25, 0.3) is 0 Å². The van der Waals surface area contributed by atoms with Crippen LogP contribution in [0.4, 0.5) is 4.79 Å². The lowest BCUT2D eigenvalue weighted by Gasteiger charge is -2.16. The number of rotatable bonds is 4. The van der Waals surface area contributed by atoms with Gasteiger partial charge in [0.15, 0.2) is 0 Å². The number of nitrogens with zero attached hydrogens (tertiary/aromatic N) is 2. The second-order valence-electron chi connectivity index (χ2n) is 5.86. The van der Waals surface area contributed by atoms with Crippen LogP contribution >= 0.6 is 0 Å². The summed E-state index contributed by atoms with van der Waals surface area (Å²) in [5.41, 5.74) is 0. The zero-order valence-corrected chi connectivity index (χ0v) is 11.6. The Labute approximate surface area is 111 Å². The van der Waals surface area contributed by atoms with Crippen LogP contribution in [-0.4, -0.2) is 30.6 Å². The van der Waals surface area contributed by atoms with E-state index in [1.165, 1.54) is 44.9 Å². The number of amides is 2. The quantitative estimate of drug-likeness (QED) is 0.555. The molecule has 0 bridgehead atoms. The summed E-state index contributed by atoms with van der Waals surface area (Å²) in [6.45, 7) is 2.59. The molecule has 0 spiro atoms. The highest BCUT2D eigenvalue weighted by Gasteiger charge is 2.18. The Morgan fingerprint density at radius 3 is 2.33 bits per heavy atom. The molecule has 1 heterocycles. The smallest absolute Gasteiger partial charge is 0.323 e. The van der Waals surface area contributed by atoms with Crippen molar-refractivity contribution in [2.45, 2.75) is 64.2 Å². The van der Waals surface area contributed by atoms with E-state index in [-0.39, 0.29) is 6.03 Å². The van der Waals surface area contributed by atoms with Crippen molar-refractivity contribution in [3.8, 4) is 0 Å². The van der Waals surface area contributed by atoms with E-state index >= 15 is 0 Å². The summed E-state index contributed by atoms with van der Waals surface area (Å²) in [5.74, 6) is 0.907. The van der Waals surface area contributed by atoms with Gasteiger partial charge >= 0.3 is 6.03 Å². The molecule has 0 aromatic rings. The summed E-state index contributed by atoms with van der Waals surface area (Å²) >= 11 is 0. The number of carbonyl (C=O) groups is 1. The minimum Gasteiger partial charge on any atom is -0.323 e. The van der Waals surface area contributed by atoms with E-state index in [0.717, 1.165) is 44.8 Å². The summed E-state index contributed by atoms with van der Waals surface area (Å²) in [4.78, 5) is 13.6. The monoisotopic (exact) mass is 251 g/mol. The summed E-state index contributed by atoms with van der Waals surface area (Å²) < 4.78 is 0. The van der Waals surface area contributed by atoms with Crippen molar-refractivity contribution in [2.24, 2.45) is 5.92 Å². The van der Waals surface area contributed by atoms with Gasteiger partial charge in [-0.25, -0.2) is 10.1 Å².